The number of hydrogen-bond acceptors (Lipinski definition) is 3. The first kappa shape index (κ1) is 14.2. The fourth-order valence-corrected chi connectivity index (χ4v) is 4.92. The first-order chi connectivity index (χ1) is 9.31. The molecule has 0 aromatic carbocycles. The van der Waals surface area contributed by atoms with Crippen LogP contribution in [0.3, 0.4) is 0 Å². The zero-order valence-electron chi connectivity index (χ0n) is 12.3. The molecule has 0 spiro atoms. The zero-order chi connectivity index (χ0) is 13.1. The maximum Gasteiger partial charge on any atom is 0.0235 e. The maximum atomic E-state index is 4.66. The Bertz CT molecular complexity index is 282. The minimum atomic E-state index is 0.555. The summed E-state index contributed by atoms with van der Waals surface area (Å²) in [5.41, 5.74) is 0.555. The van der Waals surface area contributed by atoms with Crippen molar-refractivity contribution in [3.63, 3.8) is 0 Å². The SMILES string of the molecule is SCC1(CN2CCC(N3CCCCC3)C2)CCCC1. The lowest BCUT2D eigenvalue weighted by Gasteiger charge is -2.34. The largest absolute Gasteiger partial charge is 0.301 e. The first-order valence-corrected chi connectivity index (χ1v) is 9.02. The lowest BCUT2D eigenvalue weighted by Crippen LogP contribution is -2.42. The van der Waals surface area contributed by atoms with E-state index in [-0.39, 0.29) is 0 Å². The molecule has 1 atom stereocenters. The summed E-state index contributed by atoms with van der Waals surface area (Å²) in [5.74, 6) is 1.10. The van der Waals surface area contributed by atoms with Crippen molar-refractivity contribution in [3.8, 4) is 0 Å². The highest BCUT2D eigenvalue weighted by molar-refractivity contribution is 7.80. The van der Waals surface area contributed by atoms with Crippen LogP contribution in [0.2, 0.25) is 0 Å². The third kappa shape index (κ3) is 3.30. The number of likely N-dealkylation sites (tertiary alicyclic amines) is 2. The zero-order valence-corrected chi connectivity index (χ0v) is 13.2. The number of thiol groups is 1. The van der Waals surface area contributed by atoms with Crippen LogP contribution < -0.4 is 0 Å². The van der Waals surface area contributed by atoms with Gasteiger partial charge >= 0.3 is 0 Å². The van der Waals surface area contributed by atoms with E-state index in [0.29, 0.717) is 5.41 Å². The predicted molar refractivity (Wildman–Crippen MR) is 85.0 cm³/mol. The van der Waals surface area contributed by atoms with Gasteiger partial charge in [-0.25, -0.2) is 0 Å². The van der Waals surface area contributed by atoms with Crippen molar-refractivity contribution in [1.82, 2.24) is 9.80 Å². The average molecular weight is 282 g/mol. The molecule has 19 heavy (non-hydrogen) atoms. The van der Waals surface area contributed by atoms with E-state index >= 15 is 0 Å². The van der Waals surface area contributed by atoms with Gasteiger partial charge in [0.2, 0.25) is 0 Å². The van der Waals surface area contributed by atoms with Crippen molar-refractivity contribution >= 4 is 12.6 Å². The van der Waals surface area contributed by atoms with Gasteiger partial charge in [0.15, 0.2) is 0 Å². The molecule has 2 heterocycles. The van der Waals surface area contributed by atoms with E-state index in [0.717, 1.165) is 11.8 Å². The van der Waals surface area contributed by atoms with Gasteiger partial charge < -0.3 is 4.90 Å². The van der Waals surface area contributed by atoms with E-state index in [1.165, 1.54) is 84.1 Å². The third-order valence-electron chi connectivity index (χ3n) is 5.71. The number of nitrogens with zero attached hydrogens (tertiary/aromatic N) is 2. The molecule has 2 aliphatic heterocycles. The van der Waals surface area contributed by atoms with Crippen molar-refractivity contribution in [2.24, 2.45) is 5.41 Å². The molecule has 0 amide bonds. The summed E-state index contributed by atoms with van der Waals surface area (Å²) >= 11 is 4.66. The summed E-state index contributed by atoms with van der Waals surface area (Å²) in [5, 5.41) is 0. The summed E-state index contributed by atoms with van der Waals surface area (Å²) in [6, 6.07) is 0.860. The quantitative estimate of drug-likeness (QED) is 0.792. The molecular weight excluding hydrogens is 252 g/mol. The van der Waals surface area contributed by atoms with E-state index in [1.807, 2.05) is 0 Å². The Kier molecular flexibility index (Phi) is 4.76. The van der Waals surface area contributed by atoms with Crippen LogP contribution in [-0.4, -0.2) is 54.3 Å². The predicted octanol–water partition coefficient (Wildman–Crippen LogP) is 3.04. The van der Waals surface area contributed by atoms with Crippen LogP contribution in [-0.2, 0) is 0 Å². The van der Waals surface area contributed by atoms with Gasteiger partial charge in [-0.15, -0.1) is 0 Å². The molecule has 0 N–H and O–H groups in total. The molecule has 3 rings (SSSR count). The molecule has 110 valence electrons. The van der Waals surface area contributed by atoms with Gasteiger partial charge in [-0.3, -0.25) is 4.90 Å². The molecule has 0 bridgehead atoms. The second kappa shape index (κ2) is 6.36. The third-order valence-corrected chi connectivity index (χ3v) is 6.38. The van der Waals surface area contributed by atoms with Gasteiger partial charge in [0.05, 0.1) is 0 Å². The summed E-state index contributed by atoms with van der Waals surface area (Å²) in [6.07, 6.45) is 11.4. The van der Waals surface area contributed by atoms with E-state index in [1.54, 1.807) is 0 Å². The van der Waals surface area contributed by atoms with Gasteiger partial charge in [-0.1, -0.05) is 19.3 Å². The summed E-state index contributed by atoms with van der Waals surface area (Å²) in [4.78, 5) is 5.52. The van der Waals surface area contributed by atoms with Gasteiger partial charge in [0.25, 0.3) is 0 Å². The van der Waals surface area contributed by atoms with Crippen LogP contribution in [0.25, 0.3) is 0 Å². The second-order valence-corrected chi connectivity index (χ2v) is 7.46. The van der Waals surface area contributed by atoms with Crippen LogP contribution in [0, 0.1) is 5.41 Å². The molecule has 2 saturated heterocycles. The molecule has 1 unspecified atom stereocenters. The molecular formula is C16H30N2S. The minimum absolute atomic E-state index is 0.555. The normalized spacial score (nSPS) is 33.0. The van der Waals surface area contributed by atoms with Crippen molar-refractivity contribution in [1.29, 1.82) is 0 Å². The molecule has 1 saturated carbocycles. The molecule has 2 nitrogen and oxygen atoms in total. The summed E-state index contributed by atoms with van der Waals surface area (Å²) < 4.78 is 0. The van der Waals surface area contributed by atoms with Crippen LogP contribution in [0.1, 0.15) is 51.4 Å². The smallest absolute Gasteiger partial charge is 0.0235 e. The fraction of sp³-hybridized carbons (Fsp3) is 1.00. The highest BCUT2D eigenvalue weighted by Gasteiger charge is 2.37. The molecule has 3 fully saturated rings. The molecule has 0 aromatic heterocycles. The Morgan fingerprint density at radius 3 is 2.37 bits per heavy atom. The van der Waals surface area contributed by atoms with Crippen LogP contribution >= 0.6 is 12.6 Å². The van der Waals surface area contributed by atoms with E-state index in [4.69, 9.17) is 0 Å². The molecule has 3 aliphatic rings. The van der Waals surface area contributed by atoms with Gasteiger partial charge in [0, 0.05) is 19.1 Å². The van der Waals surface area contributed by atoms with Crippen molar-refractivity contribution in [2.45, 2.75) is 57.4 Å². The van der Waals surface area contributed by atoms with Crippen LogP contribution in [0.4, 0.5) is 0 Å². The number of hydrogen-bond donors (Lipinski definition) is 1. The molecule has 0 radical (unpaired) electrons. The molecule has 1 aliphatic carbocycles. The van der Waals surface area contributed by atoms with Crippen molar-refractivity contribution in [2.75, 3.05) is 38.5 Å². The van der Waals surface area contributed by atoms with Gasteiger partial charge in [-0.2, -0.15) is 12.6 Å². The summed E-state index contributed by atoms with van der Waals surface area (Å²) in [7, 11) is 0. The molecule has 3 heteroatoms. The second-order valence-electron chi connectivity index (χ2n) is 7.14. The highest BCUT2D eigenvalue weighted by atomic mass is 32.1. The topological polar surface area (TPSA) is 6.48 Å². The first-order valence-electron chi connectivity index (χ1n) is 8.39. The van der Waals surface area contributed by atoms with Crippen molar-refractivity contribution < 1.29 is 0 Å². The lowest BCUT2D eigenvalue weighted by atomic mass is 9.88. The van der Waals surface area contributed by atoms with Crippen molar-refractivity contribution in [3.05, 3.63) is 0 Å². The molecule has 0 aromatic rings. The van der Waals surface area contributed by atoms with E-state index in [9.17, 15) is 0 Å². The maximum absolute atomic E-state index is 4.66. The number of rotatable bonds is 4. The monoisotopic (exact) mass is 282 g/mol. The summed E-state index contributed by atoms with van der Waals surface area (Å²) in [6.45, 7) is 6.69. The Balaban J connectivity index is 1.51. The average Bonchev–Trinajstić information content (AvgIpc) is 3.10. The Labute approximate surface area is 124 Å². The standard InChI is InChI=1S/C16H30N2S/c19-14-16(7-2-3-8-16)13-17-11-6-15(12-17)18-9-4-1-5-10-18/h15,19H,1-14H2. The minimum Gasteiger partial charge on any atom is -0.301 e. The number of piperidine rings is 1. The lowest BCUT2D eigenvalue weighted by molar-refractivity contribution is 0.147. The Morgan fingerprint density at radius 1 is 0.947 bits per heavy atom. The fourth-order valence-electron chi connectivity index (χ4n) is 4.50. The van der Waals surface area contributed by atoms with E-state index < -0.39 is 0 Å². The van der Waals surface area contributed by atoms with Crippen LogP contribution in [0.15, 0.2) is 0 Å². The Morgan fingerprint density at radius 2 is 1.68 bits per heavy atom. The van der Waals surface area contributed by atoms with Crippen LogP contribution in [0.5, 0.6) is 0 Å². The highest BCUT2D eigenvalue weighted by Crippen LogP contribution is 2.40. The Hall–Kier alpha value is 0.270. The van der Waals surface area contributed by atoms with Gasteiger partial charge in [-0.05, 0) is 62.9 Å². The van der Waals surface area contributed by atoms with E-state index in [2.05, 4.69) is 22.4 Å². The van der Waals surface area contributed by atoms with Gasteiger partial charge in [0.1, 0.15) is 0 Å².